The van der Waals surface area contributed by atoms with E-state index in [1.54, 1.807) is 66.7 Å². The van der Waals surface area contributed by atoms with Crippen molar-refractivity contribution in [3.05, 3.63) is 128 Å². The zero-order valence-corrected chi connectivity index (χ0v) is 22.4. The first-order valence-electron chi connectivity index (χ1n) is 11.9. The summed E-state index contributed by atoms with van der Waals surface area (Å²) in [5.41, 5.74) is 2.17. The first kappa shape index (κ1) is 25.2. The summed E-state index contributed by atoms with van der Waals surface area (Å²) in [6.45, 7) is 0.242. The first-order valence-corrected chi connectivity index (χ1v) is 13.0. The van der Waals surface area contributed by atoms with Gasteiger partial charge in [0.2, 0.25) is 5.82 Å². The Morgan fingerprint density at radius 3 is 2.54 bits per heavy atom. The van der Waals surface area contributed by atoms with E-state index in [0.29, 0.717) is 48.6 Å². The van der Waals surface area contributed by atoms with Crippen molar-refractivity contribution in [1.82, 2.24) is 9.66 Å². The predicted octanol–water partition coefficient (Wildman–Crippen LogP) is 8.23. The third kappa shape index (κ3) is 5.14. The van der Waals surface area contributed by atoms with Gasteiger partial charge >= 0.3 is 0 Å². The molecule has 0 radical (unpaired) electrons. The normalized spacial score (nSPS) is 11.6. The molecule has 6 rings (SSSR count). The molecular weight excluding hydrogens is 557 g/mol. The van der Waals surface area contributed by atoms with Crippen LogP contribution < -0.4 is 10.3 Å². The average Bonchev–Trinajstić information content (AvgIpc) is 3.36. The van der Waals surface area contributed by atoms with Crippen molar-refractivity contribution in [1.29, 1.82) is 0 Å². The molecule has 0 saturated heterocycles. The highest BCUT2D eigenvalue weighted by molar-refractivity contribution is 6.31. The van der Waals surface area contributed by atoms with Crippen LogP contribution >= 0.6 is 34.8 Å². The molecular formula is C30H18Cl3N3O3. The van der Waals surface area contributed by atoms with E-state index in [-0.39, 0.29) is 18.0 Å². The lowest BCUT2D eigenvalue weighted by molar-refractivity contribution is 0.306. The summed E-state index contributed by atoms with van der Waals surface area (Å²) < 4.78 is 13.3. The maximum Gasteiger partial charge on any atom is 0.282 e. The van der Waals surface area contributed by atoms with Crippen LogP contribution in [-0.2, 0) is 6.61 Å². The summed E-state index contributed by atoms with van der Waals surface area (Å²) in [7, 11) is 0. The Kier molecular flexibility index (Phi) is 6.83. The molecule has 0 atom stereocenters. The van der Waals surface area contributed by atoms with Crippen molar-refractivity contribution < 1.29 is 9.15 Å². The minimum absolute atomic E-state index is 0.239. The molecule has 6 nitrogen and oxygen atoms in total. The lowest BCUT2D eigenvalue weighted by Crippen LogP contribution is -2.20. The van der Waals surface area contributed by atoms with E-state index in [4.69, 9.17) is 48.9 Å². The van der Waals surface area contributed by atoms with Crippen molar-refractivity contribution in [2.24, 2.45) is 5.10 Å². The smallest absolute Gasteiger partial charge is 0.282 e. The monoisotopic (exact) mass is 573 g/mol. The number of furan rings is 1. The second-order valence-corrected chi connectivity index (χ2v) is 9.95. The molecule has 0 unspecified atom stereocenters. The predicted molar refractivity (Wildman–Crippen MR) is 156 cm³/mol. The quantitative estimate of drug-likeness (QED) is 0.188. The van der Waals surface area contributed by atoms with E-state index < -0.39 is 0 Å². The van der Waals surface area contributed by atoms with Gasteiger partial charge in [-0.25, -0.2) is 4.98 Å². The summed E-state index contributed by atoms with van der Waals surface area (Å²) in [5, 5.41) is 7.39. The zero-order chi connectivity index (χ0) is 26.9. The Bertz CT molecular complexity index is 1950. The molecule has 0 fully saturated rings. The molecule has 6 aromatic rings. The number of hydrogen-bond donors (Lipinski definition) is 0. The van der Waals surface area contributed by atoms with Crippen LogP contribution in [0.4, 0.5) is 0 Å². The van der Waals surface area contributed by atoms with Gasteiger partial charge in [-0.1, -0.05) is 65.1 Å². The van der Waals surface area contributed by atoms with Gasteiger partial charge in [0.25, 0.3) is 5.56 Å². The van der Waals surface area contributed by atoms with Crippen LogP contribution in [0.25, 0.3) is 33.5 Å². The summed E-state index contributed by atoms with van der Waals surface area (Å²) in [4.78, 5) is 18.3. The molecule has 0 saturated carbocycles. The van der Waals surface area contributed by atoms with Gasteiger partial charge in [0.1, 0.15) is 17.9 Å². The average molecular weight is 575 g/mol. The summed E-state index contributed by atoms with van der Waals surface area (Å²) >= 11 is 18.7. The molecule has 39 heavy (non-hydrogen) atoms. The molecule has 0 aliphatic heterocycles. The van der Waals surface area contributed by atoms with Crippen molar-refractivity contribution >= 4 is 62.9 Å². The van der Waals surface area contributed by atoms with Gasteiger partial charge in [0, 0.05) is 31.6 Å². The van der Waals surface area contributed by atoms with Gasteiger partial charge in [0.15, 0.2) is 5.76 Å². The number of aromatic nitrogens is 2. The molecule has 2 aromatic heterocycles. The maximum absolute atomic E-state index is 13.6. The van der Waals surface area contributed by atoms with E-state index in [1.807, 2.05) is 24.3 Å². The number of ether oxygens (including phenoxy) is 1. The van der Waals surface area contributed by atoms with Crippen LogP contribution in [0.5, 0.6) is 5.75 Å². The van der Waals surface area contributed by atoms with Crippen LogP contribution in [0.1, 0.15) is 11.1 Å². The molecule has 0 spiro atoms. The van der Waals surface area contributed by atoms with E-state index >= 15 is 0 Å². The van der Waals surface area contributed by atoms with Gasteiger partial charge in [0.05, 0.1) is 17.1 Å². The number of fused-ring (bicyclic) bond motifs is 2. The molecule has 0 aliphatic rings. The van der Waals surface area contributed by atoms with Crippen molar-refractivity contribution in [3.63, 3.8) is 0 Å². The van der Waals surface area contributed by atoms with Crippen molar-refractivity contribution in [2.75, 3.05) is 0 Å². The highest BCUT2D eigenvalue weighted by Gasteiger charge is 2.17. The molecule has 0 bridgehead atoms. The number of rotatable bonds is 6. The van der Waals surface area contributed by atoms with Crippen LogP contribution in [-0.4, -0.2) is 15.9 Å². The molecule has 0 aliphatic carbocycles. The molecule has 4 aromatic carbocycles. The highest BCUT2D eigenvalue weighted by Crippen LogP contribution is 2.29. The fourth-order valence-electron chi connectivity index (χ4n) is 4.16. The SMILES string of the molecule is O=c1c2ccccc2nc(-c2cc3cc(Cl)ccc3o2)n1N=Cc1cc(Cl)ccc1OCc1ccccc1Cl. The van der Waals surface area contributed by atoms with Crippen LogP contribution in [0.2, 0.25) is 15.1 Å². The minimum atomic E-state index is -0.356. The third-order valence-corrected chi connectivity index (χ3v) is 6.92. The van der Waals surface area contributed by atoms with Crippen LogP contribution in [0, 0.1) is 0 Å². The van der Waals surface area contributed by atoms with Crippen LogP contribution in [0.15, 0.2) is 105 Å². The standard InChI is InChI=1S/C30H18Cl3N3O3/c31-21-10-12-27-19(13-21)15-28(39-27)29-35-25-8-4-2-6-23(25)30(37)36(29)34-16-20-14-22(32)9-11-26(20)38-17-18-5-1-3-7-24(18)33/h1-16H,17H2. The Labute approximate surface area is 237 Å². The lowest BCUT2D eigenvalue weighted by atomic mass is 10.2. The van der Waals surface area contributed by atoms with Crippen molar-refractivity contribution in [3.8, 4) is 17.3 Å². The fraction of sp³-hybridized carbons (Fsp3) is 0.0333. The third-order valence-electron chi connectivity index (χ3n) is 6.08. The minimum Gasteiger partial charge on any atom is -0.488 e. The van der Waals surface area contributed by atoms with Gasteiger partial charge < -0.3 is 9.15 Å². The second kappa shape index (κ2) is 10.6. The molecule has 192 valence electrons. The summed E-state index contributed by atoms with van der Waals surface area (Å²) in [6.07, 6.45) is 1.51. The number of hydrogen-bond acceptors (Lipinski definition) is 5. The van der Waals surface area contributed by atoms with Gasteiger partial charge in [-0.3, -0.25) is 4.79 Å². The fourth-order valence-corrected chi connectivity index (χ4v) is 4.71. The van der Waals surface area contributed by atoms with Crippen LogP contribution in [0.3, 0.4) is 0 Å². The molecule has 9 heteroatoms. The molecule has 0 N–H and O–H groups in total. The molecule has 0 amide bonds. The zero-order valence-electron chi connectivity index (χ0n) is 20.1. The van der Waals surface area contributed by atoms with E-state index in [2.05, 4.69) is 5.10 Å². The molecule has 2 heterocycles. The van der Waals surface area contributed by atoms with Gasteiger partial charge in [-0.2, -0.15) is 9.78 Å². The van der Waals surface area contributed by atoms with E-state index in [9.17, 15) is 4.79 Å². The highest BCUT2D eigenvalue weighted by atomic mass is 35.5. The van der Waals surface area contributed by atoms with E-state index in [1.165, 1.54) is 10.9 Å². The summed E-state index contributed by atoms with van der Waals surface area (Å²) in [5.74, 6) is 1.13. The Morgan fingerprint density at radius 1 is 0.897 bits per heavy atom. The first-order chi connectivity index (χ1) is 19.0. The number of para-hydroxylation sites is 1. The summed E-state index contributed by atoms with van der Waals surface area (Å²) in [6, 6.07) is 26.7. The maximum atomic E-state index is 13.6. The number of nitrogens with zero attached hydrogens (tertiary/aromatic N) is 3. The topological polar surface area (TPSA) is 69.6 Å². The Hall–Kier alpha value is -4.10. The Morgan fingerprint density at radius 2 is 1.67 bits per heavy atom. The van der Waals surface area contributed by atoms with Gasteiger partial charge in [-0.05, 0) is 60.7 Å². The largest absolute Gasteiger partial charge is 0.488 e. The van der Waals surface area contributed by atoms with Gasteiger partial charge in [-0.15, -0.1) is 0 Å². The number of halogens is 3. The Balaban J connectivity index is 1.45. The number of benzene rings is 4. The lowest BCUT2D eigenvalue weighted by Gasteiger charge is -2.11. The van der Waals surface area contributed by atoms with Crippen molar-refractivity contribution in [2.45, 2.75) is 6.61 Å². The second-order valence-electron chi connectivity index (χ2n) is 8.67. The van der Waals surface area contributed by atoms with E-state index in [0.717, 1.165) is 10.9 Å².